The predicted molar refractivity (Wildman–Crippen MR) is 109 cm³/mol. The van der Waals surface area contributed by atoms with Crippen LogP contribution < -0.4 is 16.0 Å². The summed E-state index contributed by atoms with van der Waals surface area (Å²) in [6.07, 6.45) is 4.50. The second kappa shape index (κ2) is 7.76. The standard InChI is InChI=1S/C22H28N4O4/c27-19-6-5-18(20(28)25-19)26-12-17-14(3-1-4-16(17)21(26)29)9-23-10-15-11-24-22(13-30-15)7-2-8-22/h1,3-4,15,18,23-24H,2,5-13H2,(H,25,27,28). The van der Waals surface area contributed by atoms with Crippen LogP contribution >= 0.6 is 0 Å². The zero-order valence-electron chi connectivity index (χ0n) is 17.0. The van der Waals surface area contributed by atoms with Crippen molar-refractivity contribution < 1.29 is 19.1 Å². The highest BCUT2D eigenvalue weighted by Crippen LogP contribution is 2.34. The molecule has 8 heteroatoms. The number of nitrogens with zero attached hydrogens (tertiary/aromatic N) is 1. The minimum Gasteiger partial charge on any atom is -0.374 e. The summed E-state index contributed by atoms with van der Waals surface area (Å²) in [6, 6.07) is 5.15. The van der Waals surface area contributed by atoms with E-state index >= 15 is 0 Å². The van der Waals surface area contributed by atoms with E-state index < -0.39 is 6.04 Å². The van der Waals surface area contributed by atoms with Gasteiger partial charge >= 0.3 is 0 Å². The lowest BCUT2D eigenvalue weighted by Gasteiger charge is -2.47. The van der Waals surface area contributed by atoms with Crippen molar-refractivity contribution in [3.05, 3.63) is 34.9 Å². The lowest BCUT2D eigenvalue weighted by atomic mass is 9.76. The average Bonchev–Trinajstić information content (AvgIpc) is 3.05. The first-order chi connectivity index (χ1) is 14.5. The molecular formula is C22H28N4O4. The van der Waals surface area contributed by atoms with Crippen molar-refractivity contribution in [2.24, 2.45) is 0 Å². The minimum atomic E-state index is -0.580. The van der Waals surface area contributed by atoms with Crippen LogP contribution in [0.4, 0.5) is 0 Å². The van der Waals surface area contributed by atoms with E-state index in [1.54, 1.807) is 4.90 Å². The molecule has 3 heterocycles. The fraction of sp³-hybridized carbons (Fsp3) is 0.591. The lowest BCUT2D eigenvalue weighted by Crippen LogP contribution is -2.62. The Morgan fingerprint density at radius 2 is 2.10 bits per heavy atom. The van der Waals surface area contributed by atoms with Crippen molar-refractivity contribution >= 4 is 17.7 Å². The van der Waals surface area contributed by atoms with Crippen molar-refractivity contribution in [2.75, 3.05) is 19.7 Å². The van der Waals surface area contributed by atoms with Crippen molar-refractivity contribution in [1.29, 1.82) is 0 Å². The van der Waals surface area contributed by atoms with Gasteiger partial charge in [-0.2, -0.15) is 0 Å². The molecule has 4 aliphatic rings. The number of carbonyl (C=O) groups excluding carboxylic acids is 3. The summed E-state index contributed by atoms with van der Waals surface area (Å²) in [6.45, 7) is 3.45. The third kappa shape index (κ3) is 3.53. The minimum absolute atomic E-state index is 0.132. The number of amides is 3. The second-order valence-corrected chi connectivity index (χ2v) is 8.92. The van der Waals surface area contributed by atoms with Gasteiger partial charge in [-0.1, -0.05) is 12.1 Å². The van der Waals surface area contributed by atoms with Crippen LogP contribution in [-0.2, 0) is 27.4 Å². The van der Waals surface area contributed by atoms with Gasteiger partial charge in [-0.05, 0) is 42.9 Å². The van der Waals surface area contributed by atoms with E-state index in [1.165, 1.54) is 19.3 Å². The largest absolute Gasteiger partial charge is 0.374 e. The van der Waals surface area contributed by atoms with Crippen LogP contribution in [0.2, 0.25) is 0 Å². The fourth-order valence-electron chi connectivity index (χ4n) is 4.96. The molecule has 3 amide bonds. The molecule has 1 aliphatic carbocycles. The second-order valence-electron chi connectivity index (χ2n) is 8.92. The normalized spacial score (nSPS) is 27.7. The highest BCUT2D eigenvalue weighted by molar-refractivity contribution is 6.05. The maximum absolute atomic E-state index is 12.9. The molecule has 3 aliphatic heterocycles. The third-order valence-electron chi connectivity index (χ3n) is 6.98. The van der Waals surface area contributed by atoms with E-state index in [1.807, 2.05) is 18.2 Å². The van der Waals surface area contributed by atoms with Gasteiger partial charge in [0.25, 0.3) is 5.91 Å². The van der Waals surface area contributed by atoms with Gasteiger partial charge in [0.15, 0.2) is 0 Å². The highest BCUT2D eigenvalue weighted by atomic mass is 16.5. The number of piperidine rings is 1. The first kappa shape index (κ1) is 19.7. The van der Waals surface area contributed by atoms with Crippen molar-refractivity contribution in [2.45, 2.75) is 62.9 Å². The Bertz CT molecular complexity index is 872. The summed E-state index contributed by atoms with van der Waals surface area (Å²) in [5.41, 5.74) is 2.92. The Morgan fingerprint density at radius 3 is 2.80 bits per heavy atom. The summed E-state index contributed by atoms with van der Waals surface area (Å²) in [5.74, 6) is -0.779. The molecule has 1 spiro atoms. The molecule has 0 bridgehead atoms. The molecule has 1 saturated carbocycles. The number of hydrogen-bond acceptors (Lipinski definition) is 6. The molecular weight excluding hydrogens is 384 g/mol. The third-order valence-corrected chi connectivity index (χ3v) is 6.98. The molecule has 5 rings (SSSR count). The quantitative estimate of drug-likeness (QED) is 0.608. The van der Waals surface area contributed by atoms with Gasteiger partial charge in [0.2, 0.25) is 11.8 Å². The van der Waals surface area contributed by atoms with Gasteiger partial charge in [0, 0.05) is 43.7 Å². The number of benzene rings is 1. The number of carbonyl (C=O) groups is 3. The summed E-state index contributed by atoms with van der Waals surface area (Å²) in [7, 11) is 0. The topological polar surface area (TPSA) is 99.8 Å². The Kier molecular flexibility index (Phi) is 5.08. The van der Waals surface area contributed by atoms with Crippen LogP contribution in [0.1, 0.15) is 53.6 Å². The van der Waals surface area contributed by atoms with E-state index in [-0.39, 0.29) is 35.8 Å². The summed E-state index contributed by atoms with van der Waals surface area (Å²) in [4.78, 5) is 38.2. The van der Waals surface area contributed by atoms with E-state index in [4.69, 9.17) is 4.74 Å². The van der Waals surface area contributed by atoms with Crippen molar-refractivity contribution in [3.63, 3.8) is 0 Å². The van der Waals surface area contributed by atoms with Crippen molar-refractivity contribution in [3.8, 4) is 0 Å². The zero-order valence-corrected chi connectivity index (χ0v) is 17.0. The summed E-state index contributed by atoms with van der Waals surface area (Å²) in [5, 5.41) is 9.47. The van der Waals surface area contributed by atoms with E-state index in [9.17, 15) is 14.4 Å². The summed E-state index contributed by atoms with van der Waals surface area (Å²) >= 11 is 0. The Balaban J connectivity index is 1.19. The fourth-order valence-corrected chi connectivity index (χ4v) is 4.96. The van der Waals surface area contributed by atoms with Gasteiger partial charge in [-0.15, -0.1) is 0 Å². The first-order valence-electron chi connectivity index (χ1n) is 10.9. The van der Waals surface area contributed by atoms with E-state index in [0.717, 1.165) is 30.8 Å². The van der Waals surface area contributed by atoms with Crippen LogP contribution in [-0.4, -0.2) is 60.0 Å². The van der Waals surface area contributed by atoms with E-state index in [0.29, 0.717) is 25.1 Å². The highest BCUT2D eigenvalue weighted by Gasteiger charge is 2.41. The number of hydrogen-bond donors (Lipinski definition) is 3. The number of nitrogens with one attached hydrogen (secondary N) is 3. The molecule has 160 valence electrons. The molecule has 2 atom stereocenters. The monoisotopic (exact) mass is 412 g/mol. The number of morpholine rings is 1. The Hall–Kier alpha value is -2.29. The molecule has 30 heavy (non-hydrogen) atoms. The van der Waals surface area contributed by atoms with Gasteiger partial charge in [-0.25, -0.2) is 0 Å². The van der Waals surface area contributed by atoms with Gasteiger partial charge in [0.05, 0.1) is 12.7 Å². The van der Waals surface area contributed by atoms with Crippen molar-refractivity contribution in [1.82, 2.24) is 20.9 Å². The van der Waals surface area contributed by atoms with Crippen LogP contribution in [0.3, 0.4) is 0 Å². The molecule has 1 aromatic rings. The Labute approximate surface area is 175 Å². The van der Waals surface area contributed by atoms with Gasteiger partial charge in [-0.3, -0.25) is 19.7 Å². The maximum Gasteiger partial charge on any atom is 0.255 e. The predicted octanol–water partition coefficient (Wildman–Crippen LogP) is 0.448. The molecule has 2 unspecified atom stereocenters. The number of ether oxygens (including phenoxy) is 1. The first-order valence-corrected chi connectivity index (χ1v) is 10.9. The smallest absolute Gasteiger partial charge is 0.255 e. The van der Waals surface area contributed by atoms with Crippen LogP contribution in [0.25, 0.3) is 0 Å². The number of imide groups is 1. The molecule has 0 radical (unpaired) electrons. The maximum atomic E-state index is 12.9. The molecule has 3 fully saturated rings. The molecule has 1 aromatic carbocycles. The zero-order chi connectivity index (χ0) is 20.7. The van der Waals surface area contributed by atoms with E-state index in [2.05, 4.69) is 16.0 Å². The molecule has 8 nitrogen and oxygen atoms in total. The number of fused-ring (bicyclic) bond motifs is 1. The summed E-state index contributed by atoms with van der Waals surface area (Å²) < 4.78 is 6.04. The Morgan fingerprint density at radius 1 is 1.23 bits per heavy atom. The molecule has 3 N–H and O–H groups in total. The molecule has 0 aromatic heterocycles. The van der Waals surface area contributed by atoms with Crippen LogP contribution in [0, 0.1) is 0 Å². The van der Waals surface area contributed by atoms with Crippen LogP contribution in [0.5, 0.6) is 0 Å². The van der Waals surface area contributed by atoms with Gasteiger partial charge in [0.1, 0.15) is 6.04 Å². The van der Waals surface area contributed by atoms with Gasteiger partial charge < -0.3 is 20.3 Å². The average molecular weight is 412 g/mol. The van der Waals surface area contributed by atoms with Crippen LogP contribution in [0.15, 0.2) is 18.2 Å². The lowest BCUT2D eigenvalue weighted by molar-refractivity contribution is -0.136. The molecule has 2 saturated heterocycles. The SMILES string of the molecule is O=C1CCC(N2Cc3c(CNCC4CNC5(CCC5)CO4)cccc3C2=O)C(=O)N1. The number of rotatable bonds is 5.